The number of ether oxygens (including phenoxy) is 3. The molecule has 1 atom stereocenters. The molecule has 0 rings (SSSR count). The largest absolute Gasteiger partial charge is 0.462 e. The molecule has 0 bridgehead atoms. The maximum absolute atomic E-state index is 12.6. The van der Waals surface area contributed by atoms with Crippen molar-refractivity contribution < 1.29 is 28.6 Å². The van der Waals surface area contributed by atoms with Gasteiger partial charge in [-0.25, -0.2) is 0 Å². The monoisotopic (exact) mass is 721 g/mol. The lowest BCUT2D eigenvalue weighted by atomic mass is 10.1. The average molecular weight is 721 g/mol. The summed E-state index contributed by atoms with van der Waals surface area (Å²) in [4.78, 5) is 37.3. The Bertz CT molecular complexity index is 1100. The van der Waals surface area contributed by atoms with Crippen LogP contribution < -0.4 is 0 Å². The Hall–Kier alpha value is -3.67. The second-order valence-corrected chi connectivity index (χ2v) is 12.8. The summed E-state index contributed by atoms with van der Waals surface area (Å²) in [6, 6.07) is 0. The molecular weight excluding hydrogens is 648 g/mol. The molecule has 6 heteroatoms. The molecule has 0 N–H and O–H groups in total. The van der Waals surface area contributed by atoms with Crippen molar-refractivity contribution in [2.75, 3.05) is 13.2 Å². The van der Waals surface area contributed by atoms with E-state index in [2.05, 4.69) is 106 Å². The van der Waals surface area contributed by atoms with E-state index in [9.17, 15) is 14.4 Å². The Labute approximate surface area is 317 Å². The maximum atomic E-state index is 12.6. The first kappa shape index (κ1) is 48.3. The van der Waals surface area contributed by atoms with Crippen LogP contribution in [-0.2, 0) is 28.6 Å². The summed E-state index contributed by atoms with van der Waals surface area (Å²) in [6.45, 7) is 6.18. The van der Waals surface area contributed by atoms with Gasteiger partial charge in [-0.3, -0.25) is 14.4 Å². The SMILES string of the molecule is CC/C=C\C/C=C\C/C=C\C/C=C\C/C=C\CC(=O)OCC(COC(=O)CCCCCCCC)OC(=O)CCCCC/C=C\C/C=C\C/C=C\CC. The molecule has 0 saturated heterocycles. The van der Waals surface area contributed by atoms with E-state index in [4.69, 9.17) is 14.2 Å². The average Bonchev–Trinajstić information content (AvgIpc) is 3.14. The van der Waals surface area contributed by atoms with Gasteiger partial charge in [0.25, 0.3) is 0 Å². The minimum Gasteiger partial charge on any atom is -0.462 e. The predicted molar refractivity (Wildman–Crippen MR) is 219 cm³/mol. The molecule has 0 aliphatic rings. The van der Waals surface area contributed by atoms with Gasteiger partial charge >= 0.3 is 17.9 Å². The van der Waals surface area contributed by atoms with Crippen molar-refractivity contribution in [1.82, 2.24) is 0 Å². The van der Waals surface area contributed by atoms with E-state index in [1.165, 1.54) is 19.3 Å². The Morgan fingerprint density at radius 3 is 1.35 bits per heavy atom. The summed E-state index contributed by atoms with van der Waals surface area (Å²) in [5.41, 5.74) is 0. The van der Waals surface area contributed by atoms with Crippen molar-refractivity contribution in [3.05, 3.63) is 97.2 Å². The molecule has 0 aromatic heterocycles. The molecule has 0 spiro atoms. The van der Waals surface area contributed by atoms with Gasteiger partial charge in [0.1, 0.15) is 13.2 Å². The fraction of sp³-hybridized carbons (Fsp3) is 0.587. The van der Waals surface area contributed by atoms with E-state index >= 15 is 0 Å². The lowest BCUT2D eigenvalue weighted by molar-refractivity contribution is -0.166. The highest BCUT2D eigenvalue weighted by molar-refractivity contribution is 5.72. The quantitative estimate of drug-likeness (QED) is 0.0285. The number of esters is 3. The van der Waals surface area contributed by atoms with Gasteiger partial charge in [0.05, 0.1) is 6.42 Å². The number of carbonyl (C=O) groups is 3. The zero-order chi connectivity index (χ0) is 38.0. The first-order chi connectivity index (χ1) is 25.5. The van der Waals surface area contributed by atoms with Gasteiger partial charge in [-0.1, -0.05) is 157 Å². The van der Waals surface area contributed by atoms with Crippen molar-refractivity contribution in [3.8, 4) is 0 Å². The Kier molecular flexibility index (Phi) is 37.3. The fourth-order valence-corrected chi connectivity index (χ4v) is 4.88. The number of unbranched alkanes of at least 4 members (excludes halogenated alkanes) is 8. The van der Waals surface area contributed by atoms with E-state index in [0.717, 1.165) is 89.9 Å². The highest BCUT2D eigenvalue weighted by atomic mass is 16.6. The van der Waals surface area contributed by atoms with Gasteiger partial charge < -0.3 is 14.2 Å². The minimum atomic E-state index is -0.827. The van der Waals surface area contributed by atoms with Crippen LogP contribution in [0.4, 0.5) is 0 Å². The zero-order valence-electron chi connectivity index (χ0n) is 33.0. The van der Waals surface area contributed by atoms with Crippen LogP contribution in [-0.4, -0.2) is 37.2 Å². The van der Waals surface area contributed by atoms with Crippen LogP contribution in [0, 0.1) is 0 Å². The van der Waals surface area contributed by atoms with E-state index in [1.54, 1.807) is 6.08 Å². The second kappa shape index (κ2) is 40.1. The van der Waals surface area contributed by atoms with Gasteiger partial charge in [0.15, 0.2) is 6.10 Å². The number of hydrogen-bond acceptors (Lipinski definition) is 6. The molecule has 0 saturated carbocycles. The second-order valence-electron chi connectivity index (χ2n) is 12.8. The van der Waals surface area contributed by atoms with Crippen molar-refractivity contribution >= 4 is 17.9 Å². The minimum absolute atomic E-state index is 0.118. The molecule has 0 amide bonds. The van der Waals surface area contributed by atoms with Crippen LogP contribution in [0.3, 0.4) is 0 Å². The van der Waals surface area contributed by atoms with Crippen LogP contribution in [0.2, 0.25) is 0 Å². The third-order valence-corrected chi connectivity index (χ3v) is 7.87. The van der Waals surface area contributed by atoms with Crippen LogP contribution in [0.25, 0.3) is 0 Å². The zero-order valence-corrected chi connectivity index (χ0v) is 33.0. The molecule has 0 aliphatic carbocycles. The molecule has 0 aliphatic heterocycles. The summed E-state index contributed by atoms with van der Waals surface area (Å²) >= 11 is 0. The molecule has 6 nitrogen and oxygen atoms in total. The van der Waals surface area contributed by atoms with Gasteiger partial charge in [0.2, 0.25) is 0 Å². The predicted octanol–water partition coefficient (Wildman–Crippen LogP) is 12.7. The van der Waals surface area contributed by atoms with Crippen LogP contribution in [0.1, 0.15) is 156 Å². The molecule has 0 aromatic carbocycles. The van der Waals surface area contributed by atoms with Gasteiger partial charge in [-0.2, -0.15) is 0 Å². The van der Waals surface area contributed by atoms with Gasteiger partial charge in [-0.15, -0.1) is 0 Å². The highest BCUT2D eigenvalue weighted by Crippen LogP contribution is 2.10. The van der Waals surface area contributed by atoms with E-state index in [0.29, 0.717) is 12.8 Å². The van der Waals surface area contributed by atoms with Crippen molar-refractivity contribution in [1.29, 1.82) is 0 Å². The Morgan fingerprint density at radius 2 is 0.827 bits per heavy atom. The third kappa shape index (κ3) is 37.6. The van der Waals surface area contributed by atoms with Gasteiger partial charge in [-0.05, 0) is 77.0 Å². The highest BCUT2D eigenvalue weighted by Gasteiger charge is 2.19. The number of allylic oxidation sites excluding steroid dienone is 15. The van der Waals surface area contributed by atoms with E-state index < -0.39 is 12.1 Å². The summed E-state index contributed by atoms with van der Waals surface area (Å²) in [6.07, 6.45) is 51.5. The standard InChI is InChI=1S/C46H72O6/c1-4-7-10-13-16-18-20-22-23-25-26-28-30-33-36-39-45(48)51-42-43(41-50-44(47)38-35-32-15-12-9-6-3)52-46(49)40-37-34-31-29-27-24-21-19-17-14-11-8-5-2/h7-8,10-11,16-19,22-24,26-28,33,36,43H,4-6,9,12-15,20-21,25,29-32,34-35,37-42H2,1-3H3/b10-7-,11-8-,18-16-,19-17-,23-22-,27-24-,28-26-,36-33-. The first-order valence-electron chi connectivity index (χ1n) is 20.2. The summed E-state index contributed by atoms with van der Waals surface area (Å²) in [5, 5.41) is 0. The summed E-state index contributed by atoms with van der Waals surface area (Å²) < 4.78 is 16.4. The normalized spacial score (nSPS) is 13.1. The van der Waals surface area contributed by atoms with Crippen molar-refractivity contribution in [3.63, 3.8) is 0 Å². The molecule has 1 unspecified atom stereocenters. The van der Waals surface area contributed by atoms with Crippen LogP contribution in [0.5, 0.6) is 0 Å². The number of carbonyl (C=O) groups excluding carboxylic acids is 3. The first-order valence-corrected chi connectivity index (χ1v) is 20.2. The topological polar surface area (TPSA) is 78.9 Å². The van der Waals surface area contributed by atoms with Crippen molar-refractivity contribution in [2.45, 2.75) is 162 Å². The Morgan fingerprint density at radius 1 is 0.423 bits per heavy atom. The molecule has 0 radical (unpaired) electrons. The maximum Gasteiger partial charge on any atom is 0.309 e. The molecule has 0 heterocycles. The van der Waals surface area contributed by atoms with Crippen LogP contribution in [0.15, 0.2) is 97.2 Å². The van der Waals surface area contributed by atoms with Crippen molar-refractivity contribution in [2.24, 2.45) is 0 Å². The fourth-order valence-electron chi connectivity index (χ4n) is 4.88. The Balaban J connectivity index is 4.53. The third-order valence-electron chi connectivity index (χ3n) is 7.87. The van der Waals surface area contributed by atoms with Gasteiger partial charge in [0, 0.05) is 12.8 Å². The molecule has 0 fully saturated rings. The molecule has 52 heavy (non-hydrogen) atoms. The molecule has 292 valence electrons. The lowest BCUT2D eigenvalue weighted by Gasteiger charge is -2.18. The van der Waals surface area contributed by atoms with E-state index in [-0.39, 0.29) is 38.0 Å². The summed E-state index contributed by atoms with van der Waals surface area (Å²) in [5.74, 6) is -1.11. The summed E-state index contributed by atoms with van der Waals surface area (Å²) in [7, 11) is 0. The molecular formula is C46H72O6. The van der Waals surface area contributed by atoms with Crippen LogP contribution >= 0.6 is 0 Å². The number of hydrogen-bond donors (Lipinski definition) is 0. The number of rotatable bonds is 34. The molecule has 0 aromatic rings. The smallest absolute Gasteiger partial charge is 0.309 e. The van der Waals surface area contributed by atoms with E-state index in [1.807, 2.05) is 6.08 Å². The lowest BCUT2D eigenvalue weighted by Crippen LogP contribution is -2.30.